The molecule has 0 spiro atoms. The van der Waals surface area contributed by atoms with Crippen LogP contribution < -0.4 is 11.1 Å². The Morgan fingerprint density at radius 2 is 1.94 bits per heavy atom. The molecule has 1 aromatic carbocycles. The van der Waals surface area contributed by atoms with E-state index < -0.39 is 0 Å². The zero-order valence-corrected chi connectivity index (χ0v) is 10.9. The summed E-state index contributed by atoms with van der Waals surface area (Å²) in [4.78, 5) is 4.10. The van der Waals surface area contributed by atoms with Gasteiger partial charge in [-0.05, 0) is 31.0 Å². The summed E-state index contributed by atoms with van der Waals surface area (Å²) < 4.78 is 0. The molecular weight excluding hydrogens is 222 g/mol. The summed E-state index contributed by atoms with van der Waals surface area (Å²) in [6.07, 6.45) is 3.64. The number of hydrogen-bond donors (Lipinski definition) is 2. The first-order chi connectivity index (χ1) is 8.65. The van der Waals surface area contributed by atoms with E-state index >= 15 is 0 Å². The van der Waals surface area contributed by atoms with Crippen LogP contribution in [-0.2, 0) is 5.54 Å². The van der Waals surface area contributed by atoms with Crippen LogP contribution in [0.3, 0.4) is 0 Å². The van der Waals surface area contributed by atoms with Crippen LogP contribution in [0, 0.1) is 6.92 Å². The highest BCUT2D eigenvalue weighted by atomic mass is 15.0. The van der Waals surface area contributed by atoms with Crippen molar-refractivity contribution in [1.29, 1.82) is 0 Å². The minimum Gasteiger partial charge on any atom is -0.374 e. The highest BCUT2D eigenvalue weighted by Gasteiger charge is 2.24. The molecule has 3 nitrogen and oxygen atoms in total. The van der Waals surface area contributed by atoms with Crippen molar-refractivity contribution in [1.82, 2.24) is 4.98 Å². The first-order valence-electron chi connectivity index (χ1n) is 6.10. The van der Waals surface area contributed by atoms with Crippen molar-refractivity contribution in [2.75, 3.05) is 11.9 Å². The van der Waals surface area contributed by atoms with Crippen LogP contribution in [0.2, 0.25) is 0 Å². The Kier molecular flexibility index (Phi) is 3.63. The average molecular weight is 241 g/mol. The van der Waals surface area contributed by atoms with E-state index in [1.165, 1.54) is 5.56 Å². The SMILES string of the molecule is Cc1cnccc1NC(C)(CN)c1ccccc1. The van der Waals surface area contributed by atoms with E-state index in [0.717, 1.165) is 11.3 Å². The Morgan fingerprint density at radius 1 is 1.22 bits per heavy atom. The molecule has 0 amide bonds. The molecular formula is C15H19N3. The number of nitrogens with two attached hydrogens (primary N) is 1. The first-order valence-corrected chi connectivity index (χ1v) is 6.10. The van der Waals surface area contributed by atoms with Gasteiger partial charge in [-0.25, -0.2) is 0 Å². The Bertz CT molecular complexity index is 510. The number of hydrogen-bond acceptors (Lipinski definition) is 3. The molecule has 0 aliphatic heterocycles. The van der Waals surface area contributed by atoms with Gasteiger partial charge < -0.3 is 11.1 Å². The molecule has 94 valence electrons. The predicted molar refractivity (Wildman–Crippen MR) is 75.4 cm³/mol. The predicted octanol–water partition coefficient (Wildman–Crippen LogP) is 2.68. The van der Waals surface area contributed by atoms with Gasteiger partial charge in [-0.15, -0.1) is 0 Å². The zero-order chi connectivity index (χ0) is 13.0. The van der Waals surface area contributed by atoms with Crippen molar-refractivity contribution in [3.05, 3.63) is 59.9 Å². The Morgan fingerprint density at radius 3 is 2.56 bits per heavy atom. The van der Waals surface area contributed by atoms with Crippen molar-refractivity contribution >= 4 is 5.69 Å². The van der Waals surface area contributed by atoms with Crippen molar-refractivity contribution in [2.24, 2.45) is 5.73 Å². The standard InChI is InChI=1S/C15H19N3/c1-12-10-17-9-8-14(12)18-15(2,11-16)13-6-4-3-5-7-13/h3-10H,11,16H2,1-2H3,(H,17,18). The lowest BCUT2D eigenvalue weighted by atomic mass is 9.91. The molecule has 0 saturated carbocycles. The van der Waals surface area contributed by atoms with E-state index in [4.69, 9.17) is 5.73 Å². The highest BCUT2D eigenvalue weighted by Crippen LogP contribution is 2.26. The molecule has 0 aliphatic rings. The molecule has 18 heavy (non-hydrogen) atoms. The maximum Gasteiger partial charge on any atom is 0.0719 e. The minimum absolute atomic E-state index is 0.270. The summed E-state index contributed by atoms with van der Waals surface area (Å²) in [6.45, 7) is 4.68. The fourth-order valence-electron chi connectivity index (χ4n) is 1.96. The lowest BCUT2D eigenvalue weighted by molar-refractivity contribution is 0.556. The van der Waals surface area contributed by atoms with E-state index in [9.17, 15) is 0 Å². The van der Waals surface area contributed by atoms with Crippen LogP contribution in [0.15, 0.2) is 48.8 Å². The average Bonchev–Trinajstić information content (AvgIpc) is 2.42. The van der Waals surface area contributed by atoms with Crippen LogP contribution in [-0.4, -0.2) is 11.5 Å². The van der Waals surface area contributed by atoms with E-state index in [1.807, 2.05) is 37.4 Å². The number of benzene rings is 1. The van der Waals surface area contributed by atoms with Gasteiger partial charge in [0.1, 0.15) is 0 Å². The molecule has 2 aromatic rings. The third-order valence-corrected chi connectivity index (χ3v) is 3.25. The number of nitrogens with zero attached hydrogens (tertiary/aromatic N) is 1. The van der Waals surface area contributed by atoms with Gasteiger partial charge in [0, 0.05) is 24.6 Å². The van der Waals surface area contributed by atoms with Gasteiger partial charge in [-0.3, -0.25) is 4.98 Å². The summed E-state index contributed by atoms with van der Waals surface area (Å²) in [5.74, 6) is 0. The number of aryl methyl sites for hydroxylation is 1. The number of aromatic nitrogens is 1. The van der Waals surface area contributed by atoms with Crippen molar-refractivity contribution in [3.63, 3.8) is 0 Å². The fourth-order valence-corrected chi connectivity index (χ4v) is 1.96. The topological polar surface area (TPSA) is 50.9 Å². The number of pyridine rings is 1. The summed E-state index contributed by atoms with van der Waals surface area (Å²) in [6, 6.07) is 12.2. The summed E-state index contributed by atoms with van der Waals surface area (Å²) >= 11 is 0. The molecule has 1 unspecified atom stereocenters. The van der Waals surface area contributed by atoms with Gasteiger partial charge in [0.2, 0.25) is 0 Å². The lowest BCUT2D eigenvalue weighted by Gasteiger charge is -2.31. The molecule has 3 heteroatoms. The number of anilines is 1. The van der Waals surface area contributed by atoms with E-state index in [-0.39, 0.29) is 5.54 Å². The third-order valence-electron chi connectivity index (χ3n) is 3.25. The summed E-state index contributed by atoms with van der Waals surface area (Å²) in [5.41, 5.74) is 9.06. The second-order valence-electron chi connectivity index (χ2n) is 4.72. The quantitative estimate of drug-likeness (QED) is 0.865. The van der Waals surface area contributed by atoms with Gasteiger partial charge >= 0.3 is 0 Å². The number of nitrogens with one attached hydrogen (secondary N) is 1. The van der Waals surface area contributed by atoms with Gasteiger partial charge in [0.25, 0.3) is 0 Å². The van der Waals surface area contributed by atoms with Crippen molar-refractivity contribution in [3.8, 4) is 0 Å². The molecule has 2 rings (SSSR count). The normalized spacial score (nSPS) is 13.9. The summed E-state index contributed by atoms with van der Waals surface area (Å²) in [7, 11) is 0. The maximum atomic E-state index is 5.96. The molecule has 0 radical (unpaired) electrons. The Balaban J connectivity index is 2.32. The van der Waals surface area contributed by atoms with Gasteiger partial charge in [0.15, 0.2) is 0 Å². The fraction of sp³-hybridized carbons (Fsp3) is 0.267. The van der Waals surface area contributed by atoms with Gasteiger partial charge in [-0.1, -0.05) is 30.3 Å². The van der Waals surface area contributed by atoms with E-state index in [0.29, 0.717) is 6.54 Å². The molecule has 0 bridgehead atoms. The summed E-state index contributed by atoms with van der Waals surface area (Å²) in [5, 5.41) is 3.52. The van der Waals surface area contributed by atoms with Crippen LogP contribution in [0.5, 0.6) is 0 Å². The molecule has 0 fully saturated rings. The van der Waals surface area contributed by atoms with Gasteiger partial charge in [0.05, 0.1) is 5.54 Å². The van der Waals surface area contributed by atoms with Gasteiger partial charge in [-0.2, -0.15) is 0 Å². The van der Waals surface area contributed by atoms with Crippen LogP contribution in [0.4, 0.5) is 5.69 Å². The second kappa shape index (κ2) is 5.19. The Hall–Kier alpha value is -1.87. The Labute approximate surface area is 108 Å². The molecule has 3 N–H and O–H groups in total. The van der Waals surface area contributed by atoms with E-state index in [2.05, 4.69) is 29.4 Å². The van der Waals surface area contributed by atoms with Crippen molar-refractivity contribution < 1.29 is 0 Å². The molecule has 0 aliphatic carbocycles. The zero-order valence-electron chi connectivity index (χ0n) is 10.9. The van der Waals surface area contributed by atoms with Crippen LogP contribution >= 0.6 is 0 Å². The first kappa shape index (κ1) is 12.6. The second-order valence-corrected chi connectivity index (χ2v) is 4.72. The lowest BCUT2D eigenvalue weighted by Crippen LogP contribution is -2.39. The van der Waals surface area contributed by atoms with E-state index in [1.54, 1.807) is 6.20 Å². The minimum atomic E-state index is -0.270. The van der Waals surface area contributed by atoms with Crippen molar-refractivity contribution in [2.45, 2.75) is 19.4 Å². The largest absolute Gasteiger partial charge is 0.374 e. The van der Waals surface area contributed by atoms with Crippen LogP contribution in [0.1, 0.15) is 18.1 Å². The van der Waals surface area contributed by atoms with Crippen LogP contribution in [0.25, 0.3) is 0 Å². The smallest absolute Gasteiger partial charge is 0.0719 e. The maximum absolute atomic E-state index is 5.96. The number of rotatable bonds is 4. The monoisotopic (exact) mass is 241 g/mol. The third kappa shape index (κ3) is 2.51. The molecule has 1 aromatic heterocycles. The highest BCUT2D eigenvalue weighted by molar-refractivity contribution is 5.52. The molecule has 0 saturated heterocycles. The molecule has 1 atom stereocenters. The molecule has 1 heterocycles.